The summed E-state index contributed by atoms with van der Waals surface area (Å²) < 4.78 is 0. The highest BCUT2D eigenvalue weighted by Gasteiger charge is 2.13. The zero-order valence-electron chi connectivity index (χ0n) is 15.7. The van der Waals surface area contributed by atoms with Gasteiger partial charge in [0.15, 0.2) is 0 Å². The molecule has 2 heterocycles. The Morgan fingerprint density at radius 1 is 0.357 bits per heavy atom. The van der Waals surface area contributed by atoms with Gasteiger partial charge in [-0.1, -0.05) is 72.8 Å². The second kappa shape index (κ2) is 7.24. The maximum atomic E-state index is 3.44. The van der Waals surface area contributed by atoms with E-state index < -0.39 is 0 Å². The average molecular weight is 362 g/mol. The summed E-state index contributed by atoms with van der Waals surface area (Å²) in [6, 6.07) is 33.9. The molecule has 4 aromatic rings. The van der Waals surface area contributed by atoms with Gasteiger partial charge in [-0.3, -0.25) is 0 Å². The minimum atomic E-state index is 1.04. The zero-order chi connectivity index (χ0) is 18.8. The molecule has 0 amide bonds. The first-order valence-corrected chi connectivity index (χ1v) is 9.72. The van der Waals surface area contributed by atoms with Gasteiger partial charge in [-0.2, -0.15) is 0 Å². The quantitative estimate of drug-likeness (QED) is 0.315. The molecule has 0 fully saturated rings. The van der Waals surface area contributed by atoms with Crippen LogP contribution in [0.2, 0.25) is 0 Å². The van der Waals surface area contributed by atoms with Crippen LogP contribution in [0, 0.1) is 0 Å². The normalized spacial score (nSPS) is 12.6. The van der Waals surface area contributed by atoms with Crippen LogP contribution in [0.3, 0.4) is 0 Å². The third-order valence-electron chi connectivity index (χ3n) is 5.37. The number of anilines is 4. The lowest BCUT2D eigenvalue weighted by Gasteiger charge is -2.20. The maximum Gasteiger partial charge on any atom is 0.0420 e. The molecule has 2 nitrogen and oxygen atoms in total. The summed E-state index contributed by atoms with van der Waals surface area (Å²) in [4.78, 5) is 0. The van der Waals surface area contributed by atoms with Crippen LogP contribution in [-0.2, 0) is 12.8 Å². The molecule has 0 spiro atoms. The molecule has 0 atom stereocenters. The molecular formula is C26H22N2. The molecule has 0 saturated heterocycles. The van der Waals surface area contributed by atoms with E-state index in [1.807, 2.05) is 0 Å². The number of hydrogen-bond donors (Lipinski definition) is 2. The molecule has 0 radical (unpaired) electrons. The van der Waals surface area contributed by atoms with E-state index in [-0.39, 0.29) is 0 Å². The summed E-state index contributed by atoms with van der Waals surface area (Å²) in [7, 11) is 0. The van der Waals surface area contributed by atoms with Crippen LogP contribution in [0.1, 0.15) is 22.3 Å². The largest absolute Gasteiger partial charge is 0.355 e. The van der Waals surface area contributed by atoms with E-state index in [2.05, 4.69) is 108 Å². The molecule has 2 N–H and O–H groups in total. The molecule has 6 rings (SSSR count). The number of fused-ring (bicyclic) bond motifs is 4. The molecule has 0 aromatic heterocycles. The minimum absolute atomic E-state index is 1.04. The fraction of sp³-hybridized carbons (Fsp3) is 0.0769. The Balaban J connectivity index is 0.000000122. The molecule has 2 heteroatoms. The van der Waals surface area contributed by atoms with Gasteiger partial charge in [-0.15, -0.1) is 0 Å². The first kappa shape index (κ1) is 16.6. The summed E-state index contributed by atoms with van der Waals surface area (Å²) in [5, 5.41) is 6.88. The van der Waals surface area contributed by atoms with Crippen molar-refractivity contribution in [3.8, 4) is 0 Å². The molecule has 0 bridgehead atoms. The van der Waals surface area contributed by atoms with Gasteiger partial charge in [0.1, 0.15) is 0 Å². The SMILES string of the molecule is c1ccc2c(c1)Cc1ccccc1N2.c1ccc2c(c1)Cc1ccccc1N2. The van der Waals surface area contributed by atoms with Crippen LogP contribution in [0.5, 0.6) is 0 Å². The topological polar surface area (TPSA) is 24.1 Å². The Kier molecular flexibility index (Phi) is 4.30. The van der Waals surface area contributed by atoms with Gasteiger partial charge in [0.25, 0.3) is 0 Å². The lowest BCUT2D eigenvalue weighted by Crippen LogP contribution is -2.05. The number of benzene rings is 4. The smallest absolute Gasteiger partial charge is 0.0420 e. The first-order valence-electron chi connectivity index (χ1n) is 9.72. The lowest BCUT2D eigenvalue weighted by molar-refractivity contribution is 1.16. The molecule has 28 heavy (non-hydrogen) atoms. The van der Waals surface area contributed by atoms with Crippen molar-refractivity contribution >= 4 is 22.7 Å². The van der Waals surface area contributed by atoms with Gasteiger partial charge in [0.2, 0.25) is 0 Å². The van der Waals surface area contributed by atoms with Crippen molar-refractivity contribution in [2.24, 2.45) is 0 Å². The van der Waals surface area contributed by atoms with E-state index in [0.717, 1.165) is 12.8 Å². The monoisotopic (exact) mass is 362 g/mol. The van der Waals surface area contributed by atoms with E-state index in [1.165, 1.54) is 45.0 Å². The minimum Gasteiger partial charge on any atom is -0.355 e. The molecule has 2 aliphatic rings. The number of hydrogen-bond acceptors (Lipinski definition) is 2. The van der Waals surface area contributed by atoms with Crippen LogP contribution >= 0.6 is 0 Å². The molecule has 136 valence electrons. The van der Waals surface area contributed by atoms with E-state index in [1.54, 1.807) is 0 Å². The van der Waals surface area contributed by atoms with Crippen LogP contribution < -0.4 is 10.6 Å². The van der Waals surface area contributed by atoms with Crippen molar-refractivity contribution < 1.29 is 0 Å². The average Bonchev–Trinajstić information content (AvgIpc) is 2.76. The van der Waals surface area contributed by atoms with E-state index in [9.17, 15) is 0 Å². The van der Waals surface area contributed by atoms with E-state index in [4.69, 9.17) is 0 Å². The van der Waals surface area contributed by atoms with Gasteiger partial charge in [0, 0.05) is 35.6 Å². The highest BCUT2D eigenvalue weighted by Crippen LogP contribution is 2.32. The predicted molar refractivity (Wildman–Crippen MR) is 118 cm³/mol. The molecule has 0 saturated carbocycles. The summed E-state index contributed by atoms with van der Waals surface area (Å²) in [5.74, 6) is 0. The Bertz CT molecular complexity index is 864. The third kappa shape index (κ3) is 3.25. The lowest BCUT2D eigenvalue weighted by atomic mass is 9.98. The molecule has 4 aromatic carbocycles. The van der Waals surface area contributed by atoms with Crippen LogP contribution in [0.15, 0.2) is 97.1 Å². The summed E-state index contributed by atoms with van der Waals surface area (Å²) >= 11 is 0. The summed E-state index contributed by atoms with van der Waals surface area (Å²) in [5.41, 5.74) is 10.5. The Morgan fingerprint density at radius 3 is 0.893 bits per heavy atom. The van der Waals surface area contributed by atoms with E-state index >= 15 is 0 Å². The van der Waals surface area contributed by atoms with Gasteiger partial charge in [-0.25, -0.2) is 0 Å². The predicted octanol–water partition coefficient (Wildman–Crippen LogP) is 6.67. The summed E-state index contributed by atoms with van der Waals surface area (Å²) in [6.07, 6.45) is 2.08. The van der Waals surface area contributed by atoms with Crippen molar-refractivity contribution in [1.29, 1.82) is 0 Å². The third-order valence-corrected chi connectivity index (χ3v) is 5.37. The van der Waals surface area contributed by atoms with Crippen LogP contribution in [0.25, 0.3) is 0 Å². The highest BCUT2D eigenvalue weighted by molar-refractivity contribution is 5.72. The Hall–Kier alpha value is -3.52. The standard InChI is InChI=1S/2C13H11N/c2*1-3-7-12-10(5-1)9-11-6-2-4-8-13(11)14-12/h2*1-8,14H,9H2. The van der Waals surface area contributed by atoms with E-state index in [0.29, 0.717) is 0 Å². The van der Waals surface area contributed by atoms with Gasteiger partial charge >= 0.3 is 0 Å². The first-order chi connectivity index (χ1) is 13.9. The Morgan fingerprint density at radius 2 is 0.607 bits per heavy atom. The van der Waals surface area contributed by atoms with Crippen LogP contribution in [-0.4, -0.2) is 0 Å². The number of rotatable bonds is 0. The van der Waals surface area contributed by atoms with Crippen molar-refractivity contribution in [1.82, 2.24) is 0 Å². The molecular weight excluding hydrogens is 340 g/mol. The Labute approximate surface area is 165 Å². The second-order valence-electron chi connectivity index (χ2n) is 7.23. The van der Waals surface area contributed by atoms with Gasteiger partial charge in [-0.05, 0) is 46.5 Å². The second-order valence-corrected chi connectivity index (χ2v) is 7.23. The molecule has 2 aliphatic heterocycles. The fourth-order valence-electron chi connectivity index (χ4n) is 3.89. The van der Waals surface area contributed by atoms with Gasteiger partial charge in [0.05, 0.1) is 0 Å². The highest BCUT2D eigenvalue weighted by atomic mass is 14.9. The number of nitrogens with one attached hydrogen (secondary N) is 2. The zero-order valence-corrected chi connectivity index (χ0v) is 15.7. The fourth-order valence-corrected chi connectivity index (χ4v) is 3.89. The molecule has 0 aliphatic carbocycles. The molecule has 0 unspecified atom stereocenters. The van der Waals surface area contributed by atoms with Crippen molar-refractivity contribution in [3.05, 3.63) is 119 Å². The van der Waals surface area contributed by atoms with Crippen LogP contribution in [0.4, 0.5) is 22.7 Å². The summed E-state index contributed by atoms with van der Waals surface area (Å²) in [6.45, 7) is 0. The number of para-hydroxylation sites is 4. The van der Waals surface area contributed by atoms with Crippen molar-refractivity contribution in [2.75, 3.05) is 10.6 Å². The van der Waals surface area contributed by atoms with Gasteiger partial charge < -0.3 is 10.6 Å². The van der Waals surface area contributed by atoms with Crippen molar-refractivity contribution in [3.63, 3.8) is 0 Å². The van der Waals surface area contributed by atoms with Crippen molar-refractivity contribution in [2.45, 2.75) is 12.8 Å². The maximum absolute atomic E-state index is 3.44.